The van der Waals surface area contributed by atoms with Gasteiger partial charge in [0.25, 0.3) is 5.91 Å². The van der Waals surface area contributed by atoms with Gasteiger partial charge in [-0.25, -0.2) is 24.3 Å². The largest absolute Gasteiger partial charge is 0.606 e. The maximum atomic E-state index is 14.3. The molecular formula is C37H47F2N7O7. The number of hydrogen-bond donors (Lipinski definition) is 1. The number of benzene rings is 2. The molecule has 0 aliphatic carbocycles. The Morgan fingerprint density at radius 1 is 1.06 bits per heavy atom. The van der Waals surface area contributed by atoms with E-state index in [9.17, 15) is 28.4 Å². The van der Waals surface area contributed by atoms with Crippen LogP contribution in [0.5, 0.6) is 5.75 Å². The lowest BCUT2D eigenvalue weighted by Gasteiger charge is -2.43. The number of para-hydroxylation sites is 1. The first kappa shape index (κ1) is 39.3. The predicted molar refractivity (Wildman–Crippen MR) is 193 cm³/mol. The van der Waals surface area contributed by atoms with Crippen molar-refractivity contribution in [3.05, 3.63) is 71.2 Å². The highest BCUT2D eigenvalue weighted by Gasteiger charge is 2.38. The zero-order valence-corrected chi connectivity index (χ0v) is 31.0. The van der Waals surface area contributed by atoms with Gasteiger partial charge in [-0.2, -0.15) is 8.78 Å². The van der Waals surface area contributed by atoms with Crippen LogP contribution in [-0.4, -0.2) is 95.4 Å². The van der Waals surface area contributed by atoms with Gasteiger partial charge < -0.3 is 34.5 Å². The lowest BCUT2D eigenvalue weighted by Crippen LogP contribution is -2.55. The number of ether oxygens (including phenoxy) is 3. The molecule has 1 aromatic heterocycles. The van der Waals surface area contributed by atoms with Gasteiger partial charge in [-0.05, 0) is 51.3 Å². The van der Waals surface area contributed by atoms with Gasteiger partial charge in [0.15, 0.2) is 12.3 Å². The topological polar surface area (TPSA) is 149 Å². The van der Waals surface area contributed by atoms with Crippen LogP contribution in [0.1, 0.15) is 52.7 Å². The number of quaternary nitrogens is 1. The first-order chi connectivity index (χ1) is 24.9. The van der Waals surface area contributed by atoms with Crippen LogP contribution < -0.4 is 19.7 Å². The zero-order valence-electron chi connectivity index (χ0n) is 31.0. The van der Waals surface area contributed by atoms with Crippen molar-refractivity contribution in [2.24, 2.45) is 5.92 Å². The fraction of sp³-hybridized carbons (Fsp3) is 0.486. The van der Waals surface area contributed by atoms with Crippen molar-refractivity contribution in [1.29, 1.82) is 0 Å². The molecule has 5 rings (SSSR count). The Morgan fingerprint density at radius 3 is 2.40 bits per heavy atom. The fourth-order valence-electron chi connectivity index (χ4n) is 6.41. The summed E-state index contributed by atoms with van der Waals surface area (Å²) in [5.41, 5.74) is 2.34. The van der Waals surface area contributed by atoms with Gasteiger partial charge in [0.05, 0.1) is 12.1 Å². The summed E-state index contributed by atoms with van der Waals surface area (Å²) in [7, 11) is 1.69. The summed E-state index contributed by atoms with van der Waals surface area (Å²) in [6.45, 7) is 8.53. The highest BCUT2D eigenvalue weighted by molar-refractivity contribution is 5.85. The number of anilines is 1. The van der Waals surface area contributed by atoms with Crippen molar-refractivity contribution in [2.75, 3.05) is 38.2 Å². The predicted octanol–water partition coefficient (Wildman–Crippen LogP) is 5.24. The molecule has 53 heavy (non-hydrogen) atoms. The summed E-state index contributed by atoms with van der Waals surface area (Å²) in [6.07, 6.45) is 2.60. The van der Waals surface area contributed by atoms with E-state index in [0.29, 0.717) is 48.9 Å². The van der Waals surface area contributed by atoms with E-state index in [-0.39, 0.29) is 30.2 Å². The number of carbonyl (C=O) groups excluding carboxylic acids is 3. The number of alkyl halides is 2. The molecule has 1 saturated heterocycles. The molecule has 3 atom stereocenters. The van der Waals surface area contributed by atoms with Crippen LogP contribution in [0.25, 0.3) is 11.1 Å². The van der Waals surface area contributed by atoms with Crippen LogP contribution in [0.2, 0.25) is 0 Å². The first-order valence-corrected chi connectivity index (χ1v) is 17.4. The van der Waals surface area contributed by atoms with Gasteiger partial charge in [-0.15, -0.1) is 5.01 Å². The summed E-state index contributed by atoms with van der Waals surface area (Å²) < 4.78 is 40.5. The Kier molecular flexibility index (Phi) is 11.8. The highest BCUT2D eigenvalue weighted by atomic mass is 19.3. The third-order valence-electron chi connectivity index (χ3n) is 9.12. The second kappa shape index (κ2) is 16.0. The Bertz CT molecular complexity index is 1790. The van der Waals surface area contributed by atoms with Gasteiger partial charge in [0.1, 0.15) is 23.9 Å². The molecule has 1 fully saturated rings. The van der Waals surface area contributed by atoms with E-state index in [1.807, 2.05) is 24.0 Å². The second-order valence-corrected chi connectivity index (χ2v) is 14.6. The average molecular weight is 740 g/mol. The zero-order chi connectivity index (χ0) is 38.7. The van der Waals surface area contributed by atoms with Crippen molar-refractivity contribution in [3.63, 3.8) is 0 Å². The maximum absolute atomic E-state index is 14.3. The molecule has 14 nitrogen and oxygen atoms in total. The monoisotopic (exact) mass is 739 g/mol. The van der Waals surface area contributed by atoms with Crippen LogP contribution in [0, 0.1) is 11.1 Å². The standard InChI is InChI=1S/C37H47F2N7O7/c1-23(2)32(42-36(49)53-37(4,5)6)33(48)51-22-31(47)45-15-14-44(19-24(45)3)35-40-17-28(18-41-35)25-12-13-26-20-43(7)46(50,29(26)16-25)21-27-10-8-9-11-30(27)52-34(38)39/h8-13,16-18,23-24,32,34H,14-15,19-22H2,1-7H3,(H,42,49)/t24-,32?,46?/m1/s1. The number of halogens is 2. The molecule has 2 aromatic carbocycles. The number of alkyl carbamates (subject to hydrolysis) is 1. The number of hydrogen-bond acceptors (Lipinski definition) is 11. The highest BCUT2D eigenvalue weighted by Crippen LogP contribution is 2.41. The molecular weight excluding hydrogens is 692 g/mol. The number of piperazine rings is 1. The number of fused-ring (bicyclic) bond motifs is 1. The van der Waals surface area contributed by atoms with E-state index >= 15 is 0 Å². The van der Waals surface area contributed by atoms with Crippen LogP contribution >= 0.6 is 0 Å². The minimum absolute atomic E-state index is 0.0368. The lowest BCUT2D eigenvalue weighted by atomic mass is 10.0. The van der Waals surface area contributed by atoms with Crippen molar-refractivity contribution in [2.45, 2.75) is 78.9 Å². The number of hydroxylamine groups is 1. The van der Waals surface area contributed by atoms with Crippen molar-refractivity contribution in [1.82, 2.24) is 29.9 Å². The van der Waals surface area contributed by atoms with E-state index in [0.717, 1.165) is 11.1 Å². The minimum Gasteiger partial charge on any atom is -0.606 e. The summed E-state index contributed by atoms with van der Waals surface area (Å²) >= 11 is 0. The molecule has 0 saturated carbocycles. The maximum Gasteiger partial charge on any atom is 0.408 e. The van der Waals surface area contributed by atoms with E-state index in [1.165, 1.54) is 6.07 Å². The van der Waals surface area contributed by atoms with E-state index in [1.54, 1.807) is 88.2 Å². The molecule has 0 bridgehead atoms. The van der Waals surface area contributed by atoms with Gasteiger partial charge in [0.2, 0.25) is 5.95 Å². The molecule has 2 aliphatic heterocycles. The summed E-state index contributed by atoms with van der Waals surface area (Å²) in [6, 6.07) is 10.6. The van der Waals surface area contributed by atoms with Crippen molar-refractivity contribution < 1.29 is 37.4 Å². The fourth-order valence-corrected chi connectivity index (χ4v) is 6.41. The molecule has 16 heteroatoms. The molecule has 1 N–H and O–H groups in total. The van der Waals surface area contributed by atoms with Gasteiger partial charge >= 0.3 is 18.7 Å². The normalized spacial score (nSPS) is 19.6. The number of aromatic nitrogens is 2. The molecule has 0 radical (unpaired) electrons. The number of nitrogens with one attached hydrogen (secondary N) is 1. The first-order valence-electron chi connectivity index (χ1n) is 17.4. The second-order valence-electron chi connectivity index (χ2n) is 14.6. The molecule has 2 aliphatic rings. The summed E-state index contributed by atoms with van der Waals surface area (Å²) in [5.74, 6) is -0.947. The number of esters is 1. The Hall–Kier alpha value is -4.93. The number of amides is 2. The molecule has 286 valence electrons. The van der Waals surface area contributed by atoms with Gasteiger partial charge in [-0.3, -0.25) is 4.79 Å². The third-order valence-corrected chi connectivity index (χ3v) is 9.12. The Balaban J connectivity index is 1.20. The Morgan fingerprint density at radius 2 is 1.75 bits per heavy atom. The number of rotatable bonds is 11. The van der Waals surface area contributed by atoms with Gasteiger partial charge in [-0.1, -0.05) is 38.1 Å². The lowest BCUT2D eigenvalue weighted by molar-refractivity contribution is -0.155. The van der Waals surface area contributed by atoms with Crippen molar-refractivity contribution >= 4 is 29.6 Å². The smallest absolute Gasteiger partial charge is 0.408 e. The van der Waals surface area contributed by atoms with Crippen molar-refractivity contribution in [3.8, 4) is 16.9 Å². The molecule has 3 aromatic rings. The average Bonchev–Trinajstić information content (AvgIpc) is 3.33. The van der Waals surface area contributed by atoms with E-state index in [2.05, 4.69) is 20.0 Å². The van der Waals surface area contributed by atoms with E-state index < -0.39 is 41.7 Å². The Labute approximate surface area is 307 Å². The third kappa shape index (κ3) is 9.36. The summed E-state index contributed by atoms with van der Waals surface area (Å²) in [4.78, 5) is 50.9. The van der Waals surface area contributed by atoms with Crippen LogP contribution in [0.4, 0.5) is 25.2 Å². The molecule has 3 heterocycles. The SMILES string of the molecule is CC(C)C(NC(=O)OC(C)(C)C)C(=O)OCC(=O)N1CCN(c2ncc(-c3ccc4c(c3)[N+]([O-])(Cc3ccccc3OC(F)F)N(C)C4)cn2)C[C@H]1C. The van der Waals surface area contributed by atoms with Crippen LogP contribution in [0.15, 0.2) is 54.9 Å². The minimum atomic E-state index is -3.01. The van der Waals surface area contributed by atoms with E-state index in [4.69, 9.17) is 9.47 Å². The van der Waals surface area contributed by atoms with Crippen LogP contribution in [-0.2, 0) is 32.2 Å². The number of nitrogens with zero attached hydrogens (tertiary/aromatic N) is 6. The summed E-state index contributed by atoms with van der Waals surface area (Å²) in [5, 5.41) is 18.5. The molecule has 2 amide bonds. The van der Waals surface area contributed by atoms with Gasteiger partial charge in [0, 0.05) is 62.3 Å². The quantitative estimate of drug-likeness (QED) is 0.156. The van der Waals surface area contributed by atoms with Crippen LogP contribution in [0.3, 0.4) is 0 Å². The molecule has 2 unspecified atom stereocenters. The number of carbonyl (C=O) groups is 3. The molecule has 0 spiro atoms.